The fourth-order valence-electron chi connectivity index (χ4n) is 1.91. The summed E-state index contributed by atoms with van der Waals surface area (Å²) in [5, 5.41) is 2.99. The van der Waals surface area contributed by atoms with Crippen LogP contribution in [0.3, 0.4) is 0 Å². The van der Waals surface area contributed by atoms with Crippen LogP contribution in [0.25, 0.3) is 0 Å². The molecule has 0 aliphatic rings. The van der Waals surface area contributed by atoms with Crippen molar-refractivity contribution < 1.29 is 9.53 Å². The van der Waals surface area contributed by atoms with E-state index in [0.29, 0.717) is 5.56 Å². The van der Waals surface area contributed by atoms with Gasteiger partial charge in [-0.15, -0.1) is 0 Å². The summed E-state index contributed by atoms with van der Waals surface area (Å²) in [7, 11) is 1.62. The normalized spacial score (nSPS) is 11.8. The molecule has 1 atom stereocenters. The molecule has 2 aromatic carbocycles. The van der Waals surface area contributed by atoms with Crippen LogP contribution < -0.4 is 10.1 Å². The van der Waals surface area contributed by atoms with Crippen molar-refractivity contribution in [1.82, 2.24) is 5.32 Å². The van der Waals surface area contributed by atoms with Crippen molar-refractivity contribution in [3.05, 3.63) is 63.2 Å². The van der Waals surface area contributed by atoms with Crippen molar-refractivity contribution in [2.45, 2.75) is 13.0 Å². The number of halogens is 1. The summed E-state index contributed by atoms with van der Waals surface area (Å²) in [5.41, 5.74) is 1.72. The Labute approximate surface area is 132 Å². The van der Waals surface area contributed by atoms with E-state index in [2.05, 4.69) is 27.9 Å². The lowest BCUT2D eigenvalue weighted by Gasteiger charge is -2.14. The van der Waals surface area contributed by atoms with Crippen LogP contribution in [0, 0.1) is 3.57 Å². The van der Waals surface area contributed by atoms with Gasteiger partial charge in [0.1, 0.15) is 5.75 Å². The largest absolute Gasteiger partial charge is 0.496 e. The number of rotatable bonds is 4. The summed E-state index contributed by atoms with van der Waals surface area (Å²) >= 11 is 2.16. The molecule has 20 heavy (non-hydrogen) atoms. The SMILES string of the molecule is COc1ccc(C(=O)NC(C)c2ccccc2)cc1I. The number of hydrogen-bond donors (Lipinski definition) is 1. The Morgan fingerprint density at radius 1 is 1.20 bits per heavy atom. The summed E-state index contributed by atoms with van der Waals surface area (Å²) in [6.45, 7) is 1.97. The van der Waals surface area contributed by atoms with E-state index in [4.69, 9.17) is 4.74 Å². The van der Waals surface area contributed by atoms with E-state index in [9.17, 15) is 4.79 Å². The highest BCUT2D eigenvalue weighted by Crippen LogP contribution is 2.22. The number of carbonyl (C=O) groups is 1. The van der Waals surface area contributed by atoms with E-state index in [1.807, 2.05) is 49.4 Å². The highest BCUT2D eigenvalue weighted by molar-refractivity contribution is 14.1. The van der Waals surface area contributed by atoms with Crippen LogP contribution in [-0.2, 0) is 0 Å². The smallest absolute Gasteiger partial charge is 0.251 e. The van der Waals surface area contributed by atoms with Crippen LogP contribution in [0.1, 0.15) is 28.9 Å². The zero-order valence-corrected chi connectivity index (χ0v) is 13.5. The highest BCUT2D eigenvalue weighted by atomic mass is 127. The first kappa shape index (κ1) is 14.8. The fourth-order valence-corrected chi connectivity index (χ4v) is 2.65. The highest BCUT2D eigenvalue weighted by Gasteiger charge is 2.12. The number of hydrogen-bond acceptors (Lipinski definition) is 2. The van der Waals surface area contributed by atoms with Crippen molar-refractivity contribution in [3.8, 4) is 5.75 Å². The summed E-state index contributed by atoms with van der Waals surface area (Å²) in [5.74, 6) is 0.695. The van der Waals surface area contributed by atoms with Gasteiger partial charge in [-0.2, -0.15) is 0 Å². The van der Waals surface area contributed by atoms with Gasteiger partial charge in [-0.05, 0) is 53.3 Å². The Hall–Kier alpha value is -1.56. The molecule has 1 N–H and O–H groups in total. The van der Waals surface area contributed by atoms with Gasteiger partial charge in [0, 0.05) is 5.56 Å². The topological polar surface area (TPSA) is 38.3 Å². The monoisotopic (exact) mass is 381 g/mol. The molecule has 2 aromatic rings. The molecule has 0 fully saturated rings. The zero-order valence-electron chi connectivity index (χ0n) is 11.4. The van der Waals surface area contributed by atoms with E-state index in [1.54, 1.807) is 13.2 Å². The molecule has 0 aliphatic carbocycles. The predicted octanol–water partition coefficient (Wildman–Crippen LogP) is 3.79. The predicted molar refractivity (Wildman–Crippen MR) is 88.0 cm³/mol. The number of ether oxygens (including phenoxy) is 1. The maximum absolute atomic E-state index is 12.2. The maximum atomic E-state index is 12.2. The summed E-state index contributed by atoms with van der Waals surface area (Å²) in [4.78, 5) is 12.2. The van der Waals surface area contributed by atoms with Crippen molar-refractivity contribution >= 4 is 28.5 Å². The summed E-state index contributed by atoms with van der Waals surface area (Å²) in [6.07, 6.45) is 0. The molecule has 4 heteroatoms. The van der Waals surface area contributed by atoms with Crippen molar-refractivity contribution in [1.29, 1.82) is 0 Å². The molecular formula is C16H16INO2. The van der Waals surface area contributed by atoms with Gasteiger partial charge >= 0.3 is 0 Å². The Kier molecular flexibility index (Phi) is 5.00. The number of nitrogens with one attached hydrogen (secondary N) is 1. The Bertz CT molecular complexity index is 599. The Morgan fingerprint density at radius 2 is 1.90 bits per heavy atom. The van der Waals surface area contributed by atoms with Crippen LogP contribution in [0.15, 0.2) is 48.5 Å². The van der Waals surface area contributed by atoms with Crippen LogP contribution in [0.5, 0.6) is 5.75 Å². The minimum absolute atomic E-state index is 0.0246. The summed E-state index contributed by atoms with van der Waals surface area (Å²) < 4.78 is 6.11. The third-order valence-corrected chi connectivity index (χ3v) is 3.90. The van der Waals surface area contributed by atoms with Gasteiger partial charge in [0.25, 0.3) is 5.91 Å². The second-order valence-corrected chi connectivity index (χ2v) is 5.62. The van der Waals surface area contributed by atoms with Crippen molar-refractivity contribution in [2.75, 3.05) is 7.11 Å². The van der Waals surface area contributed by atoms with Crippen molar-refractivity contribution in [2.24, 2.45) is 0 Å². The van der Waals surface area contributed by atoms with Crippen LogP contribution in [-0.4, -0.2) is 13.0 Å². The number of carbonyl (C=O) groups excluding carboxylic acids is 1. The lowest BCUT2D eigenvalue weighted by Crippen LogP contribution is -2.26. The molecule has 3 nitrogen and oxygen atoms in total. The average molecular weight is 381 g/mol. The molecule has 0 saturated carbocycles. The fraction of sp³-hybridized carbons (Fsp3) is 0.188. The third kappa shape index (κ3) is 3.50. The molecule has 1 unspecified atom stereocenters. The second kappa shape index (κ2) is 6.74. The standard InChI is InChI=1S/C16H16INO2/c1-11(12-6-4-3-5-7-12)18-16(19)13-8-9-15(20-2)14(17)10-13/h3-11H,1-2H3,(H,18,19). The minimum Gasteiger partial charge on any atom is -0.496 e. The van der Waals surface area contributed by atoms with E-state index in [-0.39, 0.29) is 11.9 Å². The lowest BCUT2D eigenvalue weighted by atomic mass is 10.1. The van der Waals surface area contributed by atoms with Crippen molar-refractivity contribution in [3.63, 3.8) is 0 Å². The third-order valence-electron chi connectivity index (χ3n) is 3.06. The van der Waals surface area contributed by atoms with E-state index >= 15 is 0 Å². The van der Waals surface area contributed by atoms with Gasteiger partial charge in [-0.25, -0.2) is 0 Å². The molecule has 104 valence electrons. The van der Waals surface area contributed by atoms with Gasteiger partial charge in [0.05, 0.1) is 16.7 Å². The first-order valence-electron chi connectivity index (χ1n) is 6.31. The number of methoxy groups -OCH3 is 1. The molecule has 0 spiro atoms. The Balaban J connectivity index is 2.10. The molecule has 0 heterocycles. The van der Waals surface area contributed by atoms with E-state index in [0.717, 1.165) is 14.9 Å². The number of benzene rings is 2. The minimum atomic E-state index is -0.0816. The molecule has 0 bridgehead atoms. The maximum Gasteiger partial charge on any atom is 0.251 e. The molecule has 0 aromatic heterocycles. The molecule has 0 aliphatic heterocycles. The molecule has 0 saturated heterocycles. The second-order valence-electron chi connectivity index (χ2n) is 4.46. The summed E-state index contributed by atoms with van der Waals surface area (Å²) in [6, 6.07) is 15.3. The lowest BCUT2D eigenvalue weighted by molar-refractivity contribution is 0.0940. The number of amides is 1. The molecule has 1 amide bonds. The molecule has 0 radical (unpaired) electrons. The van der Waals surface area contributed by atoms with Gasteiger partial charge in [-0.3, -0.25) is 4.79 Å². The van der Waals surface area contributed by atoms with E-state index in [1.165, 1.54) is 0 Å². The molecular weight excluding hydrogens is 365 g/mol. The van der Waals surface area contributed by atoms with Crippen LogP contribution in [0.2, 0.25) is 0 Å². The Morgan fingerprint density at radius 3 is 2.50 bits per heavy atom. The van der Waals surface area contributed by atoms with Crippen LogP contribution >= 0.6 is 22.6 Å². The first-order valence-corrected chi connectivity index (χ1v) is 7.39. The average Bonchev–Trinajstić information content (AvgIpc) is 2.48. The van der Waals surface area contributed by atoms with Gasteiger partial charge in [-0.1, -0.05) is 30.3 Å². The van der Waals surface area contributed by atoms with Crippen LogP contribution in [0.4, 0.5) is 0 Å². The first-order chi connectivity index (χ1) is 9.61. The van der Waals surface area contributed by atoms with Gasteiger partial charge < -0.3 is 10.1 Å². The quantitative estimate of drug-likeness (QED) is 0.819. The zero-order chi connectivity index (χ0) is 14.5. The van der Waals surface area contributed by atoms with Gasteiger partial charge in [0.15, 0.2) is 0 Å². The molecule has 2 rings (SSSR count). The van der Waals surface area contributed by atoms with Gasteiger partial charge in [0.2, 0.25) is 0 Å². The van der Waals surface area contributed by atoms with E-state index < -0.39 is 0 Å².